The highest BCUT2D eigenvalue weighted by atomic mass is 15.2. The average Bonchev–Trinajstić information content (AvgIpc) is 3.95. The molecule has 0 heterocycles. The first-order valence-electron chi connectivity index (χ1n) is 25.5. The smallest absolute Gasteiger partial charge is 0.0726 e. The van der Waals surface area contributed by atoms with E-state index in [0.29, 0.717) is 0 Å². The molecule has 0 saturated carbocycles. The maximum Gasteiger partial charge on any atom is 0.0726 e. The van der Waals surface area contributed by atoms with Gasteiger partial charge in [-0.25, -0.2) is 0 Å². The van der Waals surface area contributed by atoms with Crippen molar-refractivity contribution in [2.24, 2.45) is 0 Å². The predicted octanol–water partition coefficient (Wildman–Crippen LogP) is 19.3. The number of fused-ring (bicyclic) bond motifs is 11. The Morgan fingerprint density at radius 2 is 0.649 bits per heavy atom. The number of anilines is 9. The van der Waals surface area contributed by atoms with Gasteiger partial charge in [0.25, 0.3) is 0 Å². The fourth-order valence-corrected chi connectivity index (χ4v) is 12.2. The molecule has 3 nitrogen and oxygen atoms in total. The Labute approximate surface area is 432 Å². The fourth-order valence-electron chi connectivity index (χ4n) is 12.2. The van der Waals surface area contributed by atoms with Crippen LogP contribution in [0, 0.1) is 0 Å². The normalized spacial score (nSPS) is 12.4. The van der Waals surface area contributed by atoms with Crippen LogP contribution in [0.4, 0.5) is 51.2 Å². The summed E-state index contributed by atoms with van der Waals surface area (Å²) >= 11 is 0. The van der Waals surface area contributed by atoms with Crippen molar-refractivity contribution in [1.82, 2.24) is 0 Å². The lowest BCUT2D eigenvalue weighted by molar-refractivity contribution is 0.794. The summed E-state index contributed by atoms with van der Waals surface area (Å²) in [5.74, 6) is 0. The van der Waals surface area contributed by atoms with E-state index in [2.05, 4.69) is 312 Å². The SMILES string of the molecule is c1ccc(-c2cccc3c2-c2ccc(N(c4cc(N(c5ccccc5)c5ccccc5)cc(N(c5ccccc5)c5ccccc5)c4)c4cccc5ccccc45)cc2C32c3ccccc3-c3ccccc32)cc1. The van der Waals surface area contributed by atoms with Crippen LogP contribution in [0.2, 0.25) is 0 Å². The van der Waals surface area contributed by atoms with E-state index in [0.717, 1.165) is 56.6 Å². The molecule has 348 valence electrons. The van der Waals surface area contributed by atoms with Gasteiger partial charge < -0.3 is 14.7 Å². The zero-order chi connectivity index (χ0) is 49.0. The first-order chi connectivity index (χ1) is 36.7. The maximum atomic E-state index is 2.52. The van der Waals surface area contributed by atoms with Crippen LogP contribution in [0.25, 0.3) is 44.2 Å². The second-order valence-corrected chi connectivity index (χ2v) is 19.2. The molecular formula is C71H49N3. The number of hydrogen-bond acceptors (Lipinski definition) is 3. The minimum Gasteiger partial charge on any atom is -0.310 e. The monoisotopic (exact) mass is 943 g/mol. The second-order valence-electron chi connectivity index (χ2n) is 19.2. The molecule has 12 aromatic carbocycles. The third-order valence-corrected chi connectivity index (χ3v) is 15.2. The summed E-state index contributed by atoms with van der Waals surface area (Å²) in [6.07, 6.45) is 0. The third-order valence-electron chi connectivity index (χ3n) is 15.2. The molecule has 0 radical (unpaired) electrons. The summed E-state index contributed by atoms with van der Waals surface area (Å²) in [6.45, 7) is 0. The topological polar surface area (TPSA) is 9.72 Å². The Bertz CT molecular complexity index is 3790. The molecule has 2 aliphatic rings. The number of para-hydroxylation sites is 4. The van der Waals surface area contributed by atoms with Crippen molar-refractivity contribution >= 4 is 62.0 Å². The Hall–Kier alpha value is -9.70. The van der Waals surface area contributed by atoms with Crippen molar-refractivity contribution in [1.29, 1.82) is 0 Å². The molecule has 0 aliphatic heterocycles. The molecule has 0 saturated heterocycles. The summed E-state index contributed by atoms with van der Waals surface area (Å²) in [6, 6.07) is 109. The Kier molecular flexibility index (Phi) is 10.4. The molecule has 12 aromatic rings. The van der Waals surface area contributed by atoms with Crippen LogP contribution in [-0.4, -0.2) is 0 Å². The van der Waals surface area contributed by atoms with Crippen LogP contribution in [0.1, 0.15) is 22.3 Å². The van der Waals surface area contributed by atoms with E-state index in [9.17, 15) is 0 Å². The summed E-state index contributed by atoms with van der Waals surface area (Å²) < 4.78 is 0. The van der Waals surface area contributed by atoms with Gasteiger partial charge in [0.05, 0.1) is 28.2 Å². The Morgan fingerprint density at radius 1 is 0.230 bits per heavy atom. The Balaban J connectivity index is 1.09. The molecule has 74 heavy (non-hydrogen) atoms. The molecule has 2 aliphatic carbocycles. The average molecular weight is 944 g/mol. The van der Waals surface area contributed by atoms with E-state index in [1.54, 1.807) is 0 Å². The summed E-state index contributed by atoms with van der Waals surface area (Å²) in [4.78, 5) is 7.28. The molecule has 0 atom stereocenters. The largest absolute Gasteiger partial charge is 0.310 e. The molecule has 0 amide bonds. The zero-order valence-electron chi connectivity index (χ0n) is 40.6. The number of rotatable bonds is 10. The van der Waals surface area contributed by atoms with E-state index >= 15 is 0 Å². The molecule has 1 spiro atoms. The van der Waals surface area contributed by atoms with E-state index in [1.165, 1.54) is 61.0 Å². The summed E-state index contributed by atoms with van der Waals surface area (Å²) in [5.41, 5.74) is 21.7. The fraction of sp³-hybridized carbons (Fsp3) is 0.0141. The van der Waals surface area contributed by atoms with Gasteiger partial charge in [0, 0.05) is 33.8 Å². The molecule has 0 unspecified atom stereocenters. The number of benzene rings is 12. The molecule has 0 aromatic heterocycles. The van der Waals surface area contributed by atoms with Gasteiger partial charge in [0.1, 0.15) is 0 Å². The highest BCUT2D eigenvalue weighted by Gasteiger charge is 2.52. The van der Waals surface area contributed by atoms with Gasteiger partial charge in [-0.15, -0.1) is 0 Å². The van der Waals surface area contributed by atoms with Crippen molar-refractivity contribution < 1.29 is 0 Å². The molecule has 0 N–H and O–H groups in total. The van der Waals surface area contributed by atoms with Crippen molar-refractivity contribution in [2.45, 2.75) is 5.41 Å². The third kappa shape index (κ3) is 6.89. The lowest BCUT2D eigenvalue weighted by Gasteiger charge is -2.34. The van der Waals surface area contributed by atoms with Gasteiger partial charge in [0.2, 0.25) is 0 Å². The highest BCUT2D eigenvalue weighted by Crippen LogP contribution is 2.65. The lowest BCUT2D eigenvalue weighted by Crippen LogP contribution is -2.26. The van der Waals surface area contributed by atoms with Gasteiger partial charge in [-0.1, -0.05) is 212 Å². The zero-order valence-corrected chi connectivity index (χ0v) is 40.6. The van der Waals surface area contributed by atoms with Crippen LogP contribution in [0.3, 0.4) is 0 Å². The molecular weight excluding hydrogens is 895 g/mol. The van der Waals surface area contributed by atoms with Crippen LogP contribution in [0.15, 0.2) is 297 Å². The van der Waals surface area contributed by atoms with Gasteiger partial charge in [0.15, 0.2) is 0 Å². The van der Waals surface area contributed by atoms with Crippen LogP contribution < -0.4 is 14.7 Å². The molecule has 0 fully saturated rings. The summed E-state index contributed by atoms with van der Waals surface area (Å²) in [7, 11) is 0. The lowest BCUT2D eigenvalue weighted by atomic mass is 9.70. The predicted molar refractivity (Wildman–Crippen MR) is 310 cm³/mol. The molecule has 0 bridgehead atoms. The van der Waals surface area contributed by atoms with Gasteiger partial charge in [-0.3, -0.25) is 0 Å². The standard InChI is InChI=1S/C71H49N3/c1-6-24-51(25-7-1)61-39-23-42-67-70(61)64-45-44-56(49-68(64)71(67)65-40-20-18-37-62(65)63-38-19-21-41-66(63)71)74(69-43-22-27-50-26-16-17-36-60(50)69)59-47-57(72(52-28-8-2-9-29-52)53-30-10-3-11-31-53)46-58(48-59)73(54-32-12-4-13-33-54)55-34-14-5-15-35-55/h1-49H. The van der Waals surface area contributed by atoms with E-state index < -0.39 is 5.41 Å². The number of hydrogen-bond donors (Lipinski definition) is 0. The van der Waals surface area contributed by atoms with E-state index in [1.807, 2.05) is 0 Å². The number of nitrogens with zero attached hydrogens (tertiary/aromatic N) is 3. The van der Waals surface area contributed by atoms with Crippen molar-refractivity contribution in [3.05, 3.63) is 320 Å². The van der Waals surface area contributed by atoms with Crippen LogP contribution >= 0.6 is 0 Å². The first kappa shape index (κ1) is 43.1. The van der Waals surface area contributed by atoms with Crippen molar-refractivity contribution in [3.63, 3.8) is 0 Å². The van der Waals surface area contributed by atoms with Gasteiger partial charge in [-0.2, -0.15) is 0 Å². The first-order valence-corrected chi connectivity index (χ1v) is 25.5. The van der Waals surface area contributed by atoms with Crippen molar-refractivity contribution in [2.75, 3.05) is 14.7 Å². The quantitative estimate of drug-likeness (QED) is 0.135. The second kappa shape index (κ2) is 17.9. The minimum atomic E-state index is -0.578. The molecule has 14 rings (SSSR count). The summed E-state index contributed by atoms with van der Waals surface area (Å²) in [5, 5.41) is 2.34. The minimum absolute atomic E-state index is 0.578. The Morgan fingerprint density at radius 3 is 1.20 bits per heavy atom. The maximum absolute atomic E-state index is 2.52. The highest BCUT2D eigenvalue weighted by molar-refractivity contribution is 6.04. The van der Waals surface area contributed by atoms with Crippen molar-refractivity contribution in [3.8, 4) is 33.4 Å². The van der Waals surface area contributed by atoms with Gasteiger partial charge in [-0.05, 0) is 146 Å². The van der Waals surface area contributed by atoms with E-state index in [-0.39, 0.29) is 0 Å². The van der Waals surface area contributed by atoms with E-state index in [4.69, 9.17) is 0 Å². The molecule has 3 heteroatoms. The van der Waals surface area contributed by atoms with Gasteiger partial charge >= 0.3 is 0 Å². The van der Waals surface area contributed by atoms with Crippen LogP contribution in [0.5, 0.6) is 0 Å². The van der Waals surface area contributed by atoms with Crippen LogP contribution in [-0.2, 0) is 5.41 Å².